The number of benzene rings is 1. The van der Waals surface area contributed by atoms with Crippen molar-refractivity contribution in [2.45, 2.75) is 51.4 Å². The summed E-state index contributed by atoms with van der Waals surface area (Å²) in [6.07, 6.45) is 0.452. The number of fused-ring (bicyclic) bond motifs is 2. The van der Waals surface area contributed by atoms with Gasteiger partial charge in [-0.25, -0.2) is 9.37 Å². The lowest BCUT2D eigenvalue weighted by Gasteiger charge is -2.44. The van der Waals surface area contributed by atoms with Gasteiger partial charge in [-0.05, 0) is 45.4 Å². The Balaban J connectivity index is 1.52. The van der Waals surface area contributed by atoms with Crippen LogP contribution in [-0.4, -0.2) is 52.5 Å². The van der Waals surface area contributed by atoms with Crippen LogP contribution in [0.25, 0.3) is 22.4 Å². The standard InChI is InChI=1S/C22H24FN5O3/c1-12-25-16-10-18(30-11-29)14(9-19(16)31-12)15-8-13-5-7-28(21(13)27-26-15)17-4-6-24-22(2,3)20(17)23/h8-11,17,20,24H,4-7H2,1-3H3/t17-,20-/m0/s1. The number of hydrogen-bond donors (Lipinski definition) is 1. The first-order chi connectivity index (χ1) is 14.9. The molecule has 2 atom stereocenters. The molecule has 5 rings (SSSR count). The van der Waals surface area contributed by atoms with Crippen LogP contribution in [0, 0.1) is 6.92 Å². The first kappa shape index (κ1) is 19.9. The number of aryl methyl sites for hydroxylation is 1. The van der Waals surface area contributed by atoms with E-state index in [0.717, 1.165) is 24.3 Å². The highest BCUT2D eigenvalue weighted by atomic mass is 19.1. The molecule has 1 N–H and O–H groups in total. The highest BCUT2D eigenvalue weighted by molar-refractivity contribution is 5.85. The predicted molar refractivity (Wildman–Crippen MR) is 113 cm³/mol. The van der Waals surface area contributed by atoms with E-state index in [0.29, 0.717) is 53.4 Å². The fourth-order valence-corrected chi connectivity index (χ4v) is 4.65. The molecule has 0 aliphatic carbocycles. The van der Waals surface area contributed by atoms with E-state index < -0.39 is 11.7 Å². The summed E-state index contributed by atoms with van der Waals surface area (Å²) in [5, 5.41) is 12.1. The summed E-state index contributed by atoms with van der Waals surface area (Å²) in [5.74, 6) is 1.58. The predicted octanol–water partition coefficient (Wildman–Crippen LogP) is 2.97. The third kappa shape index (κ3) is 3.33. The Morgan fingerprint density at radius 2 is 2.16 bits per heavy atom. The van der Waals surface area contributed by atoms with Crippen LogP contribution < -0.4 is 15.0 Å². The summed E-state index contributed by atoms with van der Waals surface area (Å²) in [6, 6.07) is 5.11. The maximum absolute atomic E-state index is 15.2. The minimum absolute atomic E-state index is 0.236. The third-order valence-corrected chi connectivity index (χ3v) is 6.24. The molecule has 0 spiro atoms. The van der Waals surface area contributed by atoms with Gasteiger partial charge in [0.2, 0.25) is 0 Å². The van der Waals surface area contributed by atoms with E-state index in [4.69, 9.17) is 9.15 Å². The van der Waals surface area contributed by atoms with Gasteiger partial charge in [0.05, 0.1) is 11.7 Å². The number of halogens is 1. The van der Waals surface area contributed by atoms with Gasteiger partial charge in [-0.1, -0.05) is 0 Å². The van der Waals surface area contributed by atoms with Crippen molar-refractivity contribution >= 4 is 23.4 Å². The summed E-state index contributed by atoms with van der Waals surface area (Å²) in [6.45, 7) is 7.38. The Labute approximate surface area is 178 Å². The molecule has 162 valence electrons. The number of anilines is 1. The van der Waals surface area contributed by atoms with Crippen molar-refractivity contribution in [3.63, 3.8) is 0 Å². The van der Waals surface area contributed by atoms with Gasteiger partial charge in [-0.2, -0.15) is 0 Å². The average molecular weight is 425 g/mol. The summed E-state index contributed by atoms with van der Waals surface area (Å²) in [5.41, 5.74) is 2.75. The molecule has 1 fully saturated rings. The minimum Gasteiger partial charge on any atom is -0.441 e. The largest absolute Gasteiger partial charge is 0.441 e. The summed E-state index contributed by atoms with van der Waals surface area (Å²) < 4.78 is 26.0. The van der Waals surface area contributed by atoms with E-state index in [1.165, 1.54) is 0 Å². The molecule has 0 saturated carbocycles. The molecule has 0 bridgehead atoms. The maximum Gasteiger partial charge on any atom is 0.298 e. The SMILES string of the molecule is Cc1nc2cc(OC=O)c(-c3cc4c(nn3)N([C@H]3CCNC(C)(C)[C@H]3F)CC4)cc2o1. The second kappa shape index (κ2) is 7.26. The Kier molecular flexibility index (Phi) is 4.65. The molecule has 4 heterocycles. The number of nitrogens with one attached hydrogen (secondary N) is 1. The van der Waals surface area contributed by atoms with Crippen LogP contribution in [0.5, 0.6) is 5.75 Å². The fraction of sp³-hybridized carbons (Fsp3) is 0.455. The molecule has 1 saturated heterocycles. The molecule has 9 heteroatoms. The van der Waals surface area contributed by atoms with E-state index in [1.807, 2.05) is 24.8 Å². The topological polar surface area (TPSA) is 93.4 Å². The number of rotatable bonds is 4. The number of aromatic nitrogens is 3. The highest BCUT2D eigenvalue weighted by Gasteiger charge is 2.44. The highest BCUT2D eigenvalue weighted by Crippen LogP contribution is 2.38. The van der Waals surface area contributed by atoms with Gasteiger partial charge < -0.3 is 19.4 Å². The summed E-state index contributed by atoms with van der Waals surface area (Å²) in [4.78, 5) is 17.4. The molecule has 8 nitrogen and oxygen atoms in total. The molecule has 0 radical (unpaired) electrons. The van der Waals surface area contributed by atoms with Crippen molar-refractivity contribution < 1.29 is 18.3 Å². The Hall–Kier alpha value is -3.07. The van der Waals surface area contributed by atoms with Crippen molar-refractivity contribution in [3.05, 3.63) is 29.7 Å². The lowest BCUT2D eigenvalue weighted by Crippen LogP contribution is -2.62. The smallest absolute Gasteiger partial charge is 0.298 e. The van der Waals surface area contributed by atoms with Crippen LogP contribution in [-0.2, 0) is 11.2 Å². The minimum atomic E-state index is -1.02. The Morgan fingerprint density at radius 3 is 2.97 bits per heavy atom. The van der Waals surface area contributed by atoms with Crippen LogP contribution in [0.15, 0.2) is 22.6 Å². The zero-order chi connectivity index (χ0) is 21.8. The molecule has 31 heavy (non-hydrogen) atoms. The second-order valence-corrected chi connectivity index (χ2v) is 8.69. The van der Waals surface area contributed by atoms with Gasteiger partial charge in [0, 0.05) is 36.2 Å². The summed E-state index contributed by atoms with van der Waals surface area (Å²) in [7, 11) is 0. The van der Waals surface area contributed by atoms with Crippen LogP contribution >= 0.6 is 0 Å². The molecule has 0 amide bonds. The van der Waals surface area contributed by atoms with Crippen molar-refractivity contribution in [3.8, 4) is 17.0 Å². The first-order valence-electron chi connectivity index (χ1n) is 10.4. The second-order valence-electron chi connectivity index (χ2n) is 8.69. The van der Waals surface area contributed by atoms with E-state index in [9.17, 15) is 4.79 Å². The average Bonchev–Trinajstić information content (AvgIpc) is 3.31. The lowest BCUT2D eigenvalue weighted by atomic mass is 9.86. The number of piperidine rings is 1. The van der Waals surface area contributed by atoms with Crippen LogP contribution in [0.2, 0.25) is 0 Å². The summed E-state index contributed by atoms with van der Waals surface area (Å²) >= 11 is 0. The normalized spacial score (nSPS) is 22.5. The number of nitrogens with zero attached hydrogens (tertiary/aromatic N) is 4. The van der Waals surface area contributed by atoms with Gasteiger partial charge in [-0.15, -0.1) is 10.2 Å². The molecule has 3 aromatic rings. The fourth-order valence-electron chi connectivity index (χ4n) is 4.65. The van der Waals surface area contributed by atoms with Crippen LogP contribution in [0.4, 0.5) is 10.2 Å². The molecular formula is C22H24FN5O3. The van der Waals surface area contributed by atoms with Gasteiger partial charge in [0.25, 0.3) is 6.47 Å². The van der Waals surface area contributed by atoms with E-state index in [2.05, 4.69) is 20.5 Å². The molecule has 2 aromatic heterocycles. The number of ether oxygens (including phenoxy) is 1. The van der Waals surface area contributed by atoms with Crippen molar-refractivity contribution in [2.24, 2.45) is 0 Å². The molecule has 1 aromatic carbocycles. The zero-order valence-corrected chi connectivity index (χ0v) is 17.7. The number of oxazole rings is 1. The van der Waals surface area contributed by atoms with Gasteiger partial charge >= 0.3 is 0 Å². The number of hydrogen-bond acceptors (Lipinski definition) is 8. The lowest BCUT2D eigenvalue weighted by molar-refractivity contribution is -0.120. The van der Waals surface area contributed by atoms with E-state index >= 15 is 4.39 Å². The molecule has 0 unspecified atom stereocenters. The van der Waals surface area contributed by atoms with Gasteiger partial charge in [-0.3, -0.25) is 4.79 Å². The number of carbonyl (C=O) groups is 1. The monoisotopic (exact) mass is 425 g/mol. The van der Waals surface area contributed by atoms with Crippen molar-refractivity contribution in [1.82, 2.24) is 20.5 Å². The van der Waals surface area contributed by atoms with Gasteiger partial charge in [0.15, 0.2) is 17.3 Å². The van der Waals surface area contributed by atoms with Crippen LogP contribution in [0.3, 0.4) is 0 Å². The van der Waals surface area contributed by atoms with Crippen molar-refractivity contribution in [2.75, 3.05) is 18.0 Å². The van der Waals surface area contributed by atoms with Gasteiger partial charge in [0.1, 0.15) is 17.4 Å². The Morgan fingerprint density at radius 1 is 1.32 bits per heavy atom. The molecule has 2 aliphatic heterocycles. The number of alkyl halides is 1. The quantitative estimate of drug-likeness (QED) is 0.638. The first-order valence-corrected chi connectivity index (χ1v) is 10.4. The maximum atomic E-state index is 15.2. The van der Waals surface area contributed by atoms with Crippen LogP contribution in [0.1, 0.15) is 31.7 Å². The van der Waals surface area contributed by atoms with E-state index in [-0.39, 0.29) is 6.04 Å². The Bertz CT molecular complexity index is 1160. The molecular weight excluding hydrogens is 401 g/mol. The van der Waals surface area contributed by atoms with E-state index in [1.54, 1.807) is 19.1 Å². The number of carbonyl (C=O) groups excluding carboxylic acids is 1. The zero-order valence-electron chi connectivity index (χ0n) is 17.7. The molecule has 2 aliphatic rings. The third-order valence-electron chi connectivity index (χ3n) is 6.24. The van der Waals surface area contributed by atoms with Crippen molar-refractivity contribution in [1.29, 1.82) is 0 Å².